The number of fused-ring (bicyclic) bond motifs is 3. The maximum atomic E-state index is 14.6. The van der Waals surface area contributed by atoms with Crippen LogP contribution in [-0.2, 0) is 20.7 Å². The van der Waals surface area contributed by atoms with Crippen LogP contribution in [0.2, 0.25) is 0 Å². The number of aromatic nitrogens is 1. The topological polar surface area (TPSA) is 162 Å². The highest BCUT2D eigenvalue weighted by molar-refractivity contribution is 6.33. The molecule has 3 aliphatic carbocycles. The molecule has 1 saturated carbocycles. The van der Waals surface area contributed by atoms with Gasteiger partial charge in [0.2, 0.25) is 5.78 Å². The summed E-state index contributed by atoms with van der Waals surface area (Å²) in [6.45, 7) is 4.87. The fourth-order valence-electron chi connectivity index (χ4n) is 8.83. The van der Waals surface area contributed by atoms with Gasteiger partial charge < -0.3 is 35.6 Å². The first-order valence-corrected chi connectivity index (χ1v) is 19.0. The first kappa shape index (κ1) is 38.0. The number of anilines is 1. The van der Waals surface area contributed by atoms with E-state index in [0.29, 0.717) is 49.8 Å². The van der Waals surface area contributed by atoms with Gasteiger partial charge in [-0.25, -0.2) is 9.78 Å². The summed E-state index contributed by atoms with van der Waals surface area (Å²) in [6.07, 6.45) is 11.6. The molecule has 11 nitrogen and oxygen atoms in total. The number of pyridine rings is 1. The number of aliphatic hydroxyl groups excluding tert-OH is 2. The maximum absolute atomic E-state index is 14.6. The van der Waals surface area contributed by atoms with Crippen LogP contribution >= 0.6 is 0 Å². The van der Waals surface area contributed by atoms with Crippen molar-refractivity contribution in [1.29, 1.82) is 0 Å². The number of rotatable bonds is 17. The molecule has 11 heteroatoms. The monoisotopic (exact) mass is 714 g/mol. The molecule has 1 saturated heterocycles. The van der Waals surface area contributed by atoms with Gasteiger partial charge in [-0.05, 0) is 107 Å². The van der Waals surface area contributed by atoms with Crippen LogP contribution in [0.4, 0.5) is 5.82 Å². The predicted molar refractivity (Wildman–Crippen MR) is 198 cm³/mol. The third-order valence-corrected chi connectivity index (χ3v) is 11.7. The average molecular weight is 715 g/mol. The Bertz CT molecular complexity index is 1690. The van der Waals surface area contributed by atoms with Crippen molar-refractivity contribution < 1.29 is 34.1 Å². The summed E-state index contributed by atoms with van der Waals surface area (Å²) in [5.41, 5.74) is -1.21. The minimum atomic E-state index is -2.16. The van der Waals surface area contributed by atoms with E-state index >= 15 is 0 Å². The number of benzene rings is 1. The summed E-state index contributed by atoms with van der Waals surface area (Å²) >= 11 is 0. The van der Waals surface area contributed by atoms with Crippen LogP contribution in [-0.4, -0.2) is 89.6 Å². The van der Waals surface area contributed by atoms with Crippen LogP contribution in [0.3, 0.4) is 0 Å². The lowest BCUT2D eigenvalue weighted by Crippen LogP contribution is -2.54. The lowest BCUT2D eigenvalue weighted by molar-refractivity contribution is -0.159. The van der Waals surface area contributed by atoms with Crippen LogP contribution in [0, 0.1) is 17.8 Å². The van der Waals surface area contributed by atoms with Crippen molar-refractivity contribution in [2.45, 2.75) is 95.0 Å². The van der Waals surface area contributed by atoms with Gasteiger partial charge in [-0.2, -0.15) is 0 Å². The zero-order chi connectivity index (χ0) is 36.9. The fourth-order valence-corrected chi connectivity index (χ4v) is 8.83. The van der Waals surface area contributed by atoms with Gasteiger partial charge in [-0.3, -0.25) is 9.59 Å². The Hall–Kier alpha value is -3.74. The fraction of sp³-hybridized carbons (Fsp3) is 0.561. The number of ether oxygens (including phenoxy) is 2. The largest absolute Gasteiger partial charge is 0.459 e. The van der Waals surface area contributed by atoms with Gasteiger partial charge in [0.05, 0.1) is 13.3 Å². The Morgan fingerprint density at radius 2 is 1.92 bits per heavy atom. The van der Waals surface area contributed by atoms with E-state index in [0.717, 1.165) is 49.2 Å². The van der Waals surface area contributed by atoms with E-state index in [1.807, 2.05) is 26.1 Å². The zero-order valence-electron chi connectivity index (χ0n) is 30.7. The Labute approximate surface area is 306 Å². The Morgan fingerprint density at radius 1 is 1.13 bits per heavy atom. The van der Waals surface area contributed by atoms with Gasteiger partial charge in [0.15, 0.2) is 11.4 Å². The minimum Gasteiger partial charge on any atom is -0.459 e. The number of allylic oxidation sites excluding steroid dienone is 3. The Kier molecular flexibility index (Phi) is 12.1. The van der Waals surface area contributed by atoms with Crippen LogP contribution in [0.1, 0.15) is 91.5 Å². The second kappa shape index (κ2) is 16.5. The number of hydrogen-bond donors (Lipinski definition) is 5. The van der Waals surface area contributed by atoms with Gasteiger partial charge >= 0.3 is 5.97 Å². The predicted octanol–water partition coefficient (Wildman–Crippen LogP) is 4.54. The second-order valence-corrected chi connectivity index (χ2v) is 14.8. The van der Waals surface area contributed by atoms with E-state index in [9.17, 15) is 24.6 Å². The van der Waals surface area contributed by atoms with Crippen molar-refractivity contribution in [3.05, 3.63) is 82.6 Å². The molecule has 1 aromatic carbocycles. The van der Waals surface area contributed by atoms with E-state index in [-0.39, 0.29) is 42.7 Å². The van der Waals surface area contributed by atoms with Gasteiger partial charge in [-0.1, -0.05) is 48.9 Å². The molecule has 0 radical (unpaired) electrons. The number of nitrogens with zero attached hydrogens (tertiary/aromatic N) is 1. The van der Waals surface area contributed by atoms with Crippen molar-refractivity contribution in [2.24, 2.45) is 17.8 Å². The molecule has 0 amide bonds. The summed E-state index contributed by atoms with van der Waals surface area (Å²) < 4.78 is 12.7. The number of epoxide rings is 1. The first-order valence-electron chi connectivity index (χ1n) is 19.0. The van der Waals surface area contributed by atoms with E-state index < -0.39 is 34.8 Å². The molecular weight excluding hydrogens is 660 g/mol. The lowest BCUT2D eigenvalue weighted by Gasteiger charge is -2.45. The SMILES string of the molecule is CCN[C@@H]1C[C@H]2C=CCC[C@H]2C[C@@H]1[C@H](CCCO)OC(=O)[C@]12O[C@@]1(C/C(CO)=C(\C)CCc1ccnc(NCNC)c1)C(=O)c1ccccc1C2=O. The van der Waals surface area contributed by atoms with Crippen LogP contribution in [0.25, 0.3) is 0 Å². The van der Waals surface area contributed by atoms with Gasteiger partial charge in [0.1, 0.15) is 11.9 Å². The lowest BCUT2D eigenvalue weighted by atomic mass is 9.66. The third kappa shape index (κ3) is 7.26. The maximum Gasteiger partial charge on any atom is 0.350 e. The van der Waals surface area contributed by atoms with Crippen LogP contribution < -0.4 is 16.0 Å². The molecule has 1 aromatic heterocycles. The van der Waals surface area contributed by atoms with Crippen molar-refractivity contribution in [1.82, 2.24) is 15.6 Å². The molecule has 5 N–H and O–H groups in total. The van der Waals surface area contributed by atoms with Crippen molar-refractivity contribution in [3.63, 3.8) is 0 Å². The summed E-state index contributed by atoms with van der Waals surface area (Å²) in [5.74, 6) is -0.289. The number of carbonyl (C=O) groups is 3. The van der Waals surface area contributed by atoms with Crippen LogP contribution in [0.15, 0.2) is 65.9 Å². The van der Waals surface area contributed by atoms with Crippen molar-refractivity contribution >= 4 is 23.4 Å². The quantitative estimate of drug-likeness (QED) is 0.0514. The highest BCUT2D eigenvalue weighted by Crippen LogP contribution is 2.60. The molecule has 2 heterocycles. The summed E-state index contributed by atoms with van der Waals surface area (Å²) in [5, 5.41) is 30.4. The smallest absolute Gasteiger partial charge is 0.350 e. The van der Waals surface area contributed by atoms with Crippen molar-refractivity contribution in [2.75, 3.05) is 38.8 Å². The van der Waals surface area contributed by atoms with E-state index in [4.69, 9.17) is 9.47 Å². The number of aryl methyl sites for hydroxylation is 1. The minimum absolute atomic E-state index is 0.0355. The Morgan fingerprint density at radius 3 is 2.65 bits per heavy atom. The molecule has 0 unspecified atom stereocenters. The molecule has 2 aromatic rings. The molecule has 4 aliphatic rings. The summed E-state index contributed by atoms with van der Waals surface area (Å²) in [6, 6.07) is 10.5. The highest BCUT2D eigenvalue weighted by atomic mass is 16.7. The zero-order valence-corrected chi connectivity index (χ0v) is 30.7. The second-order valence-electron chi connectivity index (χ2n) is 14.8. The van der Waals surface area contributed by atoms with E-state index in [2.05, 4.69) is 40.0 Å². The number of esters is 1. The highest BCUT2D eigenvalue weighted by Gasteiger charge is 2.85. The molecule has 0 spiro atoms. The van der Waals surface area contributed by atoms with Gasteiger partial charge in [0.25, 0.3) is 5.60 Å². The molecule has 1 aliphatic heterocycles. The summed E-state index contributed by atoms with van der Waals surface area (Å²) in [7, 11) is 1.85. The van der Waals surface area contributed by atoms with Gasteiger partial charge in [0, 0.05) is 42.3 Å². The molecule has 52 heavy (non-hydrogen) atoms. The Balaban J connectivity index is 1.29. The number of Topliss-reactive ketones (excluding diaryl/α,β-unsaturated/α-hetero) is 2. The average Bonchev–Trinajstić information content (AvgIpc) is 3.87. The number of carbonyl (C=O) groups excluding carboxylic acids is 3. The van der Waals surface area contributed by atoms with Crippen molar-refractivity contribution in [3.8, 4) is 0 Å². The normalized spacial score (nSPS) is 28.6. The van der Waals surface area contributed by atoms with Crippen LogP contribution in [0.5, 0.6) is 0 Å². The first-order chi connectivity index (χ1) is 25.2. The molecule has 2 fully saturated rings. The molecule has 6 rings (SSSR count). The standard InChI is InChI=1S/C41H54N4O7/c1-4-43-34-22-29-11-6-5-10-28(29)21-33(34)35(14-9-19-46)51-39(50)41-38(49)32-13-8-7-12-31(32)37(48)40(41,52-41)23-30(24-47)26(2)15-16-27-17-18-44-36(20-27)45-25-42-3/h6-8,11-13,17-18,20,28-29,33-35,42-43,46-47H,4-5,9-10,14-16,19,21-25H2,1-3H3,(H,44,45)/b30-26-/t28-,29+,33-,34+,35-,40-,41-/m0/s1. The number of nitrogens with one attached hydrogen (secondary N) is 3. The number of ketones is 2. The number of aliphatic hydroxyl groups is 2. The third-order valence-electron chi connectivity index (χ3n) is 11.7. The summed E-state index contributed by atoms with van der Waals surface area (Å²) in [4.78, 5) is 47.8. The molecule has 0 bridgehead atoms. The van der Waals surface area contributed by atoms with E-state index in [1.165, 1.54) is 0 Å². The number of hydrogen-bond acceptors (Lipinski definition) is 11. The molecular formula is C41H54N4O7. The van der Waals surface area contributed by atoms with E-state index in [1.54, 1.807) is 30.5 Å². The molecule has 280 valence electrons. The molecule has 7 atom stereocenters. The van der Waals surface area contributed by atoms with Gasteiger partial charge in [-0.15, -0.1) is 0 Å².